The Kier molecular flexibility index (Phi) is 6.90. The van der Waals surface area contributed by atoms with Gasteiger partial charge in [0.05, 0.1) is 6.10 Å². The largest absolute Gasteiger partial charge is 0.487 e. The van der Waals surface area contributed by atoms with E-state index in [1.54, 1.807) is 6.07 Å². The second-order valence-corrected chi connectivity index (χ2v) is 9.59. The van der Waals surface area contributed by atoms with Crippen molar-refractivity contribution in [2.24, 2.45) is 17.8 Å². The van der Waals surface area contributed by atoms with Gasteiger partial charge in [0.25, 0.3) is 0 Å². The van der Waals surface area contributed by atoms with Gasteiger partial charge in [-0.25, -0.2) is 4.39 Å². The Labute approximate surface area is 169 Å². The van der Waals surface area contributed by atoms with Crippen LogP contribution in [0.25, 0.3) is 0 Å². The summed E-state index contributed by atoms with van der Waals surface area (Å²) in [6.45, 7) is 0. The van der Waals surface area contributed by atoms with Crippen LogP contribution in [0.2, 0.25) is 0 Å². The quantitative estimate of drug-likeness (QED) is 0.454. The Morgan fingerprint density at radius 1 is 0.786 bits per heavy atom. The van der Waals surface area contributed by atoms with Gasteiger partial charge in [-0.2, -0.15) is 4.39 Å². The fourth-order valence-electron chi connectivity index (χ4n) is 6.00. The molecule has 0 bridgehead atoms. The van der Waals surface area contributed by atoms with E-state index in [2.05, 4.69) is 0 Å². The lowest BCUT2D eigenvalue weighted by molar-refractivity contribution is 0.145. The molecule has 1 unspecified atom stereocenters. The van der Waals surface area contributed by atoms with Crippen molar-refractivity contribution in [1.29, 1.82) is 0 Å². The van der Waals surface area contributed by atoms with Crippen LogP contribution in [-0.2, 0) is 6.42 Å². The molecule has 28 heavy (non-hydrogen) atoms. The molecule has 1 aliphatic heterocycles. The summed E-state index contributed by atoms with van der Waals surface area (Å²) in [6.07, 6.45) is 19.6. The molecule has 3 aliphatic rings. The summed E-state index contributed by atoms with van der Waals surface area (Å²) < 4.78 is 33.2. The van der Waals surface area contributed by atoms with Gasteiger partial charge in [0, 0.05) is 0 Å². The summed E-state index contributed by atoms with van der Waals surface area (Å²) in [7, 11) is 0. The average Bonchev–Trinajstić information content (AvgIpc) is 2.75. The standard InChI is InChI=1S/C25H36F2O/c26-23-17-15-21-14-16-22(28-25(21)24(23)27)9-5-4-6-18-10-12-20(13-11-18)19-7-2-1-3-8-19/h15,17-20,22H,1-14,16H2. The van der Waals surface area contributed by atoms with Gasteiger partial charge in [0.15, 0.2) is 11.6 Å². The van der Waals surface area contributed by atoms with Crippen LogP contribution < -0.4 is 4.74 Å². The highest BCUT2D eigenvalue weighted by Gasteiger charge is 2.28. The van der Waals surface area contributed by atoms with Crippen molar-refractivity contribution in [3.05, 3.63) is 29.3 Å². The van der Waals surface area contributed by atoms with Gasteiger partial charge in [-0.1, -0.05) is 63.9 Å². The summed E-state index contributed by atoms with van der Waals surface area (Å²) in [5.74, 6) is 1.52. The fraction of sp³-hybridized carbons (Fsp3) is 0.760. The third-order valence-electron chi connectivity index (χ3n) is 7.75. The highest BCUT2D eigenvalue weighted by molar-refractivity contribution is 5.37. The zero-order valence-electron chi connectivity index (χ0n) is 17.2. The van der Waals surface area contributed by atoms with Crippen LogP contribution in [0.15, 0.2) is 12.1 Å². The fourth-order valence-corrected chi connectivity index (χ4v) is 6.00. The van der Waals surface area contributed by atoms with Gasteiger partial charge in [-0.3, -0.25) is 0 Å². The summed E-state index contributed by atoms with van der Waals surface area (Å²) in [6, 6.07) is 2.87. The number of hydrogen-bond donors (Lipinski definition) is 0. The molecular formula is C25H36F2O. The van der Waals surface area contributed by atoms with Crippen LogP contribution in [-0.4, -0.2) is 6.10 Å². The molecule has 2 saturated carbocycles. The van der Waals surface area contributed by atoms with E-state index in [0.717, 1.165) is 49.0 Å². The van der Waals surface area contributed by atoms with Crippen molar-refractivity contribution in [3.8, 4) is 5.75 Å². The number of halogens is 2. The highest BCUT2D eigenvalue weighted by Crippen LogP contribution is 2.41. The topological polar surface area (TPSA) is 9.23 Å². The van der Waals surface area contributed by atoms with Crippen LogP contribution in [0.3, 0.4) is 0 Å². The van der Waals surface area contributed by atoms with Gasteiger partial charge in [0.1, 0.15) is 0 Å². The average molecular weight is 391 g/mol. The zero-order valence-corrected chi connectivity index (χ0v) is 17.2. The van der Waals surface area contributed by atoms with Crippen molar-refractivity contribution in [3.63, 3.8) is 0 Å². The molecule has 3 heteroatoms. The van der Waals surface area contributed by atoms with Crippen molar-refractivity contribution in [1.82, 2.24) is 0 Å². The predicted molar refractivity (Wildman–Crippen MR) is 110 cm³/mol. The first-order chi connectivity index (χ1) is 13.7. The molecule has 2 fully saturated rings. The molecule has 1 aromatic rings. The molecule has 4 rings (SSSR count). The van der Waals surface area contributed by atoms with Crippen molar-refractivity contribution in [2.45, 2.75) is 102 Å². The number of rotatable bonds is 6. The first-order valence-electron chi connectivity index (χ1n) is 11.8. The van der Waals surface area contributed by atoms with Crippen LogP contribution >= 0.6 is 0 Å². The Bertz CT molecular complexity index is 630. The Hall–Kier alpha value is -1.12. The number of ether oxygens (including phenoxy) is 1. The van der Waals surface area contributed by atoms with Crippen molar-refractivity contribution >= 4 is 0 Å². The molecule has 1 nitrogen and oxygen atoms in total. The molecule has 1 atom stereocenters. The maximum atomic E-state index is 14.0. The Balaban J connectivity index is 1.14. The third kappa shape index (κ3) is 4.89. The lowest BCUT2D eigenvalue weighted by Crippen LogP contribution is -2.24. The lowest BCUT2D eigenvalue weighted by Gasteiger charge is -2.36. The minimum atomic E-state index is -0.808. The molecule has 0 spiro atoms. The highest BCUT2D eigenvalue weighted by atomic mass is 19.2. The first-order valence-corrected chi connectivity index (χ1v) is 11.8. The van der Waals surface area contributed by atoms with Gasteiger partial charge in [-0.15, -0.1) is 0 Å². The maximum absolute atomic E-state index is 14.0. The van der Waals surface area contributed by atoms with E-state index in [-0.39, 0.29) is 11.9 Å². The molecule has 0 radical (unpaired) electrons. The maximum Gasteiger partial charge on any atom is 0.200 e. The van der Waals surface area contributed by atoms with E-state index in [4.69, 9.17) is 4.74 Å². The van der Waals surface area contributed by atoms with Crippen LogP contribution in [0.5, 0.6) is 5.75 Å². The van der Waals surface area contributed by atoms with E-state index < -0.39 is 11.6 Å². The van der Waals surface area contributed by atoms with Gasteiger partial charge in [0.2, 0.25) is 5.82 Å². The Morgan fingerprint density at radius 3 is 2.29 bits per heavy atom. The minimum absolute atomic E-state index is 0.0471. The SMILES string of the molecule is Fc1ccc2c(c1F)OC(CCCCC1CCC(C3CCCCC3)CC1)CC2. The molecular weight excluding hydrogens is 354 g/mol. The number of fused-ring (bicyclic) bond motifs is 1. The number of aryl methyl sites for hydroxylation is 1. The number of benzene rings is 1. The van der Waals surface area contributed by atoms with E-state index in [1.807, 2.05) is 0 Å². The summed E-state index contributed by atoms with van der Waals surface area (Å²) in [4.78, 5) is 0. The van der Waals surface area contributed by atoms with Crippen molar-refractivity contribution in [2.75, 3.05) is 0 Å². The second-order valence-electron chi connectivity index (χ2n) is 9.59. The molecule has 0 saturated heterocycles. The number of unbranched alkanes of at least 4 members (excludes halogenated alkanes) is 1. The second kappa shape index (κ2) is 9.59. The first kappa shape index (κ1) is 20.2. The van der Waals surface area contributed by atoms with Gasteiger partial charge >= 0.3 is 0 Å². The molecule has 0 aromatic heterocycles. The molecule has 2 aliphatic carbocycles. The number of hydrogen-bond acceptors (Lipinski definition) is 1. The van der Waals surface area contributed by atoms with E-state index in [0.29, 0.717) is 0 Å². The van der Waals surface area contributed by atoms with E-state index >= 15 is 0 Å². The Morgan fingerprint density at radius 2 is 1.50 bits per heavy atom. The van der Waals surface area contributed by atoms with E-state index in [1.165, 1.54) is 76.7 Å². The molecule has 0 N–H and O–H groups in total. The van der Waals surface area contributed by atoms with Crippen LogP contribution in [0.1, 0.15) is 95.5 Å². The molecule has 0 amide bonds. The summed E-state index contributed by atoms with van der Waals surface area (Å²) >= 11 is 0. The normalized spacial score (nSPS) is 28.6. The monoisotopic (exact) mass is 390 g/mol. The zero-order chi connectivity index (χ0) is 19.3. The smallest absolute Gasteiger partial charge is 0.200 e. The van der Waals surface area contributed by atoms with Crippen LogP contribution in [0.4, 0.5) is 8.78 Å². The predicted octanol–water partition coefficient (Wildman–Crippen LogP) is 7.61. The lowest BCUT2D eigenvalue weighted by atomic mass is 9.70. The van der Waals surface area contributed by atoms with Gasteiger partial charge < -0.3 is 4.74 Å². The molecule has 1 aromatic carbocycles. The van der Waals surface area contributed by atoms with Crippen LogP contribution in [0, 0.1) is 29.4 Å². The summed E-state index contributed by atoms with van der Waals surface area (Å²) in [5.41, 5.74) is 0.810. The van der Waals surface area contributed by atoms with Crippen molar-refractivity contribution < 1.29 is 13.5 Å². The van der Waals surface area contributed by atoms with Gasteiger partial charge in [-0.05, 0) is 67.9 Å². The third-order valence-corrected chi connectivity index (χ3v) is 7.75. The molecule has 1 heterocycles. The molecule has 156 valence electrons. The summed E-state index contributed by atoms with van der Waals surface area (Å²) in [5, 5.41) is 0. The minimum Gasteiger partial charge on any atom is -0.487 e. The van der Waals surface area contributed by atoms with E-state index in [9.17, 15) is 8.78 Å².